The highest BCUT2D eigenvalue weighted by Crippen LogP contribution is 2.24. The van der Waals surface area contributed by atoms with Gasteiger partial charge in [-0.15, -0.1) is 0 Å². The number of aryl methyl sites for hydroxylation is 1. The molecule has 0 spiro atoms. The number of carbonyl (C=O) groups is 1. The maximum absolute atomic E-state index is 12.4. The first-order valence-electron chi connectivity index (χ1n) is 9.30. The summed E-state index contributed by atoms with van der Waals surface area (Å²) in [7, 11) is 0. The third-order valence-corrected chi connectivity index (χ3v) is 5.60. The van der Waals surface area contributed by atoms with Gasteiger partial charge in [0.2, 0.25) is 5.91 Å². The lowest BCUT2D eigenvalue weighted by molar-refractivity contribution is -0.138. The summed E-state index contributed by atoms with van der Waals surface area (Å²) in [5, 5.41) is 8.83. The fourth-order valence-electron chi connectivity index (χ4n) is 3.87. The Morgan fingerprint density at radius 3 is 2.54 bits per heavy atom. The number of rotatable bonds is 4. The predicted octanol–water partition coefficient (Wildman–Crippen LogP) is 2.76. The third-order valence-electron chi connectivity index (χ3n) is 5.60. The lowest BCUT2D eigenvalue weighted by atomic mass is 9.96. The van der Waals surface area contributed by atoms with Crippen LogP contribution < -0.4 is 0 Å². The Morgan fingerprint density at radius 2 is 1.81 bits per heavy atom. The molecule has 0 unspecified atom stereocenters. The molecule has 1 saturated heterocycles. The summed E-state index contributed by atoms with van der Waals surface area (Å²) < 4.78 is 0. The molecule has 132 valence electrons. The lowest BCUT2D eigenvalue weighted by Crippen LogP contribution is -2.61. The van der Waals surface area contributed by atoms with Crippen molar-refractivity contribution in [2.24, 2.45) is 0 Å². The largest absolute Gasteiger partial charge is 0.339 e. The van der Waals surface area contributed by atoms with Gasteiger partial charge in [0.05, 0.1) is 11.6 Å². The van der Waals surface area contributed by atoms with Crippen molar-refractivity contribution in [2.75, 3.05) is 19.6 Å². The molecule has 4 heteroatoms. The number of nitrogens with zero attached hydrogens (tertiary/aromatic N) is 3. The highest BCUT2D eigenvalue weighted by molar-refractivity contribution is 5.77. The van der Waals surface area contributed by atoms with E-state index in [1.807, 2.05) is 29.2 Å². The van der Waals surface area contributed by atoms with Crippen LogP contribution in [0.15, 0.2) is 48.5 Å². The Bertz CT molecular complexity index is 831. The van der Waals surface area contributed by atoms with Crippen LogP contribution in [0.5, 0.6) is 0 Å². The van der Waals surface area contributed by atoms with E-state index in [9.17, 15) is 4.79 Å². The number of amides is 1. The Kier molecular flexibility index (Phi) is 4.73. The van der Waals surface area contributed by atoms with Gasteiger partial charge in [-0.1, -0.05) is 36.4 Å². The van der Waals surface area contributed by atoms with Crippen molar-refractivity contribution >= 4 is 5.91 Å². The third kappa shape index (κ3) is 3.49. The van der Waals surface area contributed by atoms with Crippen molar-refractivity contribution in [3.05, 3.63) is 70.8 Å². The van der Waals surface area contributed by atoms with E-state index in [4.69, 9.17) is 5.26 Å². The first-order chi connectivity index (χ1) is 12.7. The molecule has 0 aliphatic carbocycles. The minimum absolute atomic E-state index is 0.239. The molecule has 1 amide bonds. The average molecular weight is 345 g/mol. The van der Waals surface area contributed by atoms with Crippen LogP contribution in [0.1, 0.15) is 28.7 Å². The second-order valence-electron chi connectivity index (χ2n) is 7.25. The van der Waals surface area contributed by atoms with Crippen molar-refractivity contribution < 1.29 is 4.79 Å². The standard InChI is InChI=1S/C22H23N3O/c23-13-18-7-5-17(6-8-18)9-10-22(26)25-15-21(16-25)24-12-11-19-3-1-2-4-20(19)14-24/h1-8,21H,9-12,14-16H2. The molecule has 4 rings (SSSR count). The molecule has 0 aromatic heterocycles. The van der Waals surface area contributed by atoms with E-state index in [1.165, 1.54) is 11.1 Å². The first kappa shape index (κ1) is 16.8. The Labute approximate surface area is 154 Å². The van der Waals surface area contributed by atoms with Crippen LogP contribution in [0.25, 0.3) is 0 Å². The summed E-state index contributed by atoms with van der Waals surface area (Å²) in [5.41, 5.74) is 4.68. The number of hydrogen-bond donors (Lipinski definition) is 0. The molecule has 26 heavy (non-hydrogen) atoms. The molecular formula is C22H23N3O. The molecule has 0 saturated carbocycles. The van der Waals surface area contributed by atoms with E-state index in [-0.39, 0.29) is 5.91 Å². The zero-order valence-electron chi connectivity index (χ0n) is 14.9. The number of carbonyl (C=O) groups excluding carboxylic acids is 1. The van der Waals surface area contributed by atoms with Crippen LogP contribution in [0, 0.1) is 11.3 Å². The van der Waals surface area contributed by atoms with Gasteiger partial charge in [0.15, 0.2) is 0 Å². The molecule has 2 aromatic carbocycles. The fraction of sp³-hybridized carbons (Fsp3) is 0.364. The predicted molar refractivity (Wildman–Crippen MR) is 100 cm³/mol. The van der Waals surface area contributed by atoms with Crippen molar-refractivity contribution in [3.63, 3.8) is 0 Å². The molecular weight excluding hydrogens is 322 g/mol. The van der Waals surface area contributed by atoms with Crippen LogP contribution >= 0.6 is 0 Å². The summed E-state index contributed by atoms with van der Waals surface area (Å²) in [6, 6.07) is 18.8. The van der Waals surface area contributed by atoms with Gasteiger partial charge in [-0.3, -0.25) is 9.69 Å². The van der Waals surface area contributed by atoms with Crippen molar-refractivity contribution in [1.82, 2.24) is 9.80 Å². The van der Waals surface area contributed by atoms with Gasteiger partial charge in [-0.25, -0.2) is 0 Å². The number of benzene rings is 2. The van der Waals surface area contributed by atoms with Gasteiger partial charge >= 0.3 is 0 Å². The number of nitriles is 1. The van der Waals surface area contributed by atoms with Crippen molar-refractivity contribution in [3.8, 4) is 6.07 Å². The molecule has 0 radical (unpaired) electrons. The van der Waals surface area contributed by atoms with E-state index in [0.29, 0.717) is 18.0 Å². The summed E-state index contributed by atoms with van der Waals surface area (Å²) in [6.07, 6.45) is 2.39. The van der Waals surface area contributed by atoms with Gasteiger partial charge < -0.3 is 4.90 Å². The van der Waals surface area contributed by atoms with Crippen LogP contribution in [-0.4, -0.2) is 41.4 Å². The van der Waals surface area contributed by atoms with Crippen molar-refractivity contribution in [1.29, 1.82) is 5.26 Å². The monoisotopic (exact) mass is 345 g/mol. The molecule has 0 bridgehead atoms. The minimum atomic E-state index is 0.239. The summed E-state index contributed by atoms with van der Waals surface area (Å²) >= 11 is 0. The van der Waals surface area contributed by atoms with Crippen LogP contribution in [0.3, 0.4) is 0 Å². The first-order valence-corrected chi connectivity index (χ1v) is 9.30. The van der Waals surface area contributed by atoms with Gasteiger partial charge in [0, 0.05) is 38.6 Å². The summed E-state index contributed by atoms with van der Waals surface area (Å²) in [6.45, 7) is 3.81. The maximum Gasteiger partial charge on any atom is 0.223 e. The topological polar surface area (TPSA) is 47.3 Å². The molecule has 2 aliphatic rings. The average Bonchev–Trinajstić information content (AvgIpc) is 2.65. The minimum Gasteiger partial charge on any atom is -0.339 e. The second-order valence-corrected chi connectivity index (χ2v) is 7.25. The van der Waals surface area contributed by atoms with Crippen LogP contribution in [0.4, 0.5) is 0 Å². The Hall–Kier alpha value is -2.64. The number of hydrogen-bond acceptors (Lipinski definition) is 3. The van der Waals surface area contributed by atoms with E-state index in [1.54, 1.807) is 0 Å². The van der Waals surface area contributed by atoms with Gasteiger partial charge in [0.1, 0.15) is 0 Å². The highest BCUT2D eigenvalue weighted by Gasteiger charge is 2.35. The highest BCUT2D eigenvalue weighted by atomic mass is 16.2. The van der Waals surface area contributed by atoms with E-state index < -0.39 is 0 Å². The second kappa shape index (κ2) is 7.31. The van der Waals surface area contributed by atoms with Crippen LogP contribution in [-0.2, 0) is 24.2 Å². The molecule has 2 aliphatic heterocycles. The zero-order chi connectivity index (χ0) is 17.9. The molecule has 2 aromatic rings. The van der Waals surface area contributed by atoms with Gasteiger partial charge in [-0.2, -0.15) is 5.26 Å². The maximum atomic E-state index is 12.4. The Morgan fingerprint density at radius 1 is 1.08 bits per heavy atom. The molecule has 4 nitrogen and oxygen atoms in total. The van der Waals surface area contributed by atoms with Crippen molar-refractivity contribution in [2.45, 2.75) is 31.8 Å². The van der Waals surface area contributed by atoms with E-state index in [0.717, 1.165) is 44.6 Å². The lowest BCUT2D eigenvalue weighted by Gasteiger charge is -2.47. The molecule has 0 N–H and O–H groups in total. The quantitative estimate of drug-likeness (QED) is 0.856. The smallest absolute Gasteiger partial charge is 0.223 e. The summed E-state index contributed by atoms with van der Waals surface area (Å²) in [4.78, 5) is 16.9. The molecule has 1 fully saturated rings. The number of likely N-dealkylation sites (tertiary alicyclic amines) is 1. The molecule has 2 heterocycles. The SMILES string of the molecule is N#Cc1ccc(CCC(=O)N2CC(N3CCc4ccccc4C3)C2)cc1. The van der Waals surface area contributed by atoms with Crippen LogP contribution in [0.2, 0.25) is 0 Å². The normalized spacial score (nSPS) is 17.3. The van der Waals surface area contributed by atoms with E-state index in [2.05, 4.69) is 35.2 Å². The number of fused-ring (bicyclic) bond motifs is 1. The van der Waals surface area contributed by atoms with Gasteiger partial charge in [-0.05, 0) is 41.7 Å². The summed E-state index contributed by atoms with van der Waals surface area (Å²) in [5.74, 6) is 0.239. The van der Waals surface area contributed by atoms with Gasteiger partial charge in [0.25, 0.3) is 0 Å². The molecule has 0 atom stereocenters. The Balaban J connectivity index is 1.24. The zero-order valence-corrected chi connectivity index (χ0v) is 14.9. The fourth-order valence-corrected chi connectivity index (χ4v) is 3.87. The van der Waals surface area contributed by atoms with E-state index >= 15 is 0 Å².